The van der Waals surface area contributed by atoms with Crippen LogP contribution in [0, 0.1) is 0 Å². The average Bonchev–Trinajstić information content (AvgIpc) is 3.11. The summed E-state index contributed by atoms with van der Waals surface area (Å²) in [5, 5.41) is 11.6. The standard InChI is InChI=1S/C10H16N2O3.C2HF3O2/c1-15-8(14)10(3-2-4-10)12-7(13)9(11)5-6-9;3-2(4,5)1(6)7/h2-6,11H2,1H3,(H,12,13);(H,6,7). The molecule has 0 radical (unpaired) electrons. The first-order chi connectivity index (χ1) is 9.97. The Hall–Kier alpha value is -1.84. The van der Waals surface area contributed by atoms with Gasteiger partial charge in [-0.3, -0.25) is 4.79 Å². The number of rotatable bonds is 3. The Morgan fingerprint density at radius 3 is 1.86 bits per heavy atom. The predicted molar refractivity (Wildman–Crippen MR) is 62.7 cm³/mol. The minimum Gasteiger partial charge on any atom is -0.542 e. The van der Waals surface area contributed by atoms with Gasteiger partial charge in [-0.05, 0) is 19.3 Å². The second-order valence-corrected chi connectivity index (χ2v) is 5.45. The molecule has 2 aliphatic rings. The highest BCUT2D eigenvalue weighted by Crippen LogP contribution is 2.36. The van der Waals surface area contributed by atoms with Crippen LogP contribution in [0.2, 0.25) is 0 Å². The van der Waals surface area contributed by atoms with Gasteiger partial charge >= 0.3 is 12.1 Å². The first-order valence-electron chi connectivity index (χ1n) is 6.51. The molecular weight excluding hydrogens is 309 g/mol. The minimum atomic E-state index is -5.19. The van der Waals surface area contributed by atoms with Gasteiger partial charge in [0.1, 0.15) is 11.5 Å². The van der Waals surface area contributed by atoms with Crippen molar-refractivity contribution in [2.45, 2.75) is 49.4 Å². The third-order valence-corrected chi connectivity index (χ3v) is 3.70. The lowest BCUT2D eigenvalue weighted by Gasteiger charge is -2.39. The molecule has 2 saturated carbocycles. The third-order valence-electron chi connectivity index (χ3n) is 3.70. The van der Waals surface area contributed by atoms with Crippen LogP contribution in [0.3, 0.4) is 0 Å². The molecule has 22 heavy (non-hydrogen) atoms. The molecule has 0 saturated heterocycles. The maximum atomic E-state index is 11.8. The number of halogens is 3. The van der Waals surface area contributed by atoms with Gasteiger partial charge in [0.2, 0.25) is 0 Å². The fourth-order valence-corrected chi connectivity index (χ4v) is 1.83. The number of aliphatic carboxylic acids is 1. The topological polar surface area (TPSA) is 123 Å². The van der Waals surface area contributed by atoms with Crippen LogP contribution in [0.15, 0.2) is 0 Å². The molecule has 2 rings (SSSR count). The van der Waals surface area contributed by atoms with Crippen LogP contribution in [-0.2, 0) is 19.1 Å². The van der Waals surface area contributed by atoms with Gasteiger partial charge in [0.05, 0.1) is 7.11 Å². The molecule has 10 heteroatoms. The molecule has 0 aromatic rings. The maximum absolute atomic E-state index is 11.8. The largest absolute Gasteiger partial charge is 0.542 e. The predicted octanol–water partition coefficient (Wildman–Crippen LogP) is -1.73. The molecule has 7 nitrogen and oxygen atoms in total. The highest BCUT2D eigenvalue weighted by molar-refractivity contribution is 5.93. The van der Waals surface area contributed by atoms with Crippen LogP contribution in [-0.4, -0.2) is 42.2 Å². The van der Waals surface area contributed by atoms with Crippen LogP contribution in [0.4, 0.5) is 13.2 Å². The fraction of sp³-hybridized carbons (Fsp3) is 0.750. The number of hydrogen-bond donors (Lipinski definition) is 2. The number of carboxylic acid groups (broad SMARTS) is 1. The van der Waals surface area contributed by atoms with E-state index in [2.05, 4.69) is 11.1 Å². The zero-order valence-electron chi connectivity index (χ0n) is 11.9. The summed E-state index contributed by atoms with van der Waals surface area (Å²) in [5.41, 5.74) is 2.62. The van der Waals surface area contributed by atoms with E-state index in [0.717, 1.165) is 19.3 Å². The van der Waals surface area contributed by atoms with Gasteiger partial charge in [0, 0.05) is 12.8 Å². The van der Waals surface area contributed by atoms with E-state index in [4.69, 9.17) is 14.6 Å². The summed E-state index contributed by atoms with van der Waals surface area (Å²) < 4.78 is 36.3. The number of quaternary nitrogens is 1. The zero-order chi connectivity index (χ0) is 17.2. The number of methoxy groups -OCH3 is 1. The summed E-state index contributed by atoms with van der Waals surface area (Å²) >= 11 is 0. The van der Waals surface area contributed by atoms with Crippen molar-refractivity contribution in [3.8, 4) is 0 Å². The molecule has 126 valence electrons. The minimum absolute atomic E-state index is 0.104. The maximum Gasteiger partial charge on any atom is 0.430 e. The Bertz CT molecular complexity index is 470. The summed E-state index contributed by atoms with van der Waals surface area (Å²) in [6.45, 7) is 0. The van der Waals surface area contributed by atoms with Crippen molar-refractivity contribution in [1.29, 1.82) is 0 Å². The van der Waals surface area contributed by atoms with Crippen molar-refractivity contribution in [2.75, 3.05) is 7.11 Å². The first-order valence-corrected chi connectivity index (χ1v) is 6.51. The van der Waals surface area contributed by atoms with E-state index in [1.165, 1.54) is 7.11 Å². The van der Waals surface area contributed by atoms with Crippen molar-refractivity contribution < 1.29 is 43.1 Å². The molecule has 2 fully saturated rings. The Balaban J connectivity index is 0.000000295. The van der Waals surface area contributed by atoms with Crippen LogP contribution in [0.1, 0.15) is 32.1 Å². The fourth-order valence-electron chi connectivity index (χ4n) is 1.83. The number of amides is 1. The monoisotopic (exact) mass is 326 g/mol. The number of alkyl halides is 3. The molecule has 4 N–H and O–H groups in total. The summed E-state index contributed by atoms with van der Waals surface area (Å²) in [6, 6.07) is 0. The second kappa shape index (κ2) is 6.11. The lowest BCUT2D eigenvalue weighted by molar-refractivity contribution is -0.421. The first kappa shape index (κ1) is 18.2. The summed E-state index contributed by atoms with van der Waals surface area (Å²) in [5.74, 6) is -3.44. The molecule has 0 bridgehead atoms. The summed E-state index contributed by atoms with van der Waals surface area (Å²) in [7, 11) is 1.35. The molecule has 0 atom stereocenters. The second-order valence-electron chi connectivity index (χ2n) is 5.45. The van der Waals surface area contributed by atoms with Gasteiger partial charge < -0.3 is 25.7 Å². The Morgan fingerprint density at radius 1 is 1.18 bits per heavy atom. The SMILES string of the molecule is COC(=O)C1(NC(=O)C2([NH3+])CC2)CCC1.O=C([O-])C(F)(F)F. The number of esters is 1. The molecule has 0 heterocycles. The molecule has 0 unspecified atom stereocenters. The lowest BCUT2D eigenvalue weighted by atomic mass is 9.76. The van der Waals surface area contributed by atoms with Gasteiger partial charge in [0.25, 0.3) is 5.91 Å². The van der Waals surface area contributed by atoms with E-state index in [-0.39, 0.29) is 11.9 Å². The van der Waals surface area contributed by atoms with Crippen molar-refractivity contribution in [2.24, 2.45) is 0 Å². The smallest absolute Gasteiger partial charge is 0.430 e. The molecule has 0 aromatic heterocycles. The van der Waals surface area contributed by atoms with E-state index in [0.29, 0.717) is 12.8 Å². The summed E-state index contributed by atoms with van der Waals surface area (Å²) in [6.07, 6.45) is -1.24. The number of carboxylic acids is 1. The van der Waals surface area contributed by atoms with E-state index >= 15 is 0 Å². The number of carbonyl (C=O) groups is 3. The molecule has 0 aromatic carbocycles. The zero-order valence-corrected chi connectivity index (χ0v) is 11.9. The molecule has 0 spiro atoms. The molecule has 1 amide bonds. The lowest BCUT2D eigenvalue weighted by Crippen LogP contribution is -2.73. The highest BCUT2D eigenvalue weighted by atomic mass is 19.4. The van der Waals surface area contributed by atoms with Crippen molar-refractivity contribution >= 4 is 17.8 Å². The molecule has 0 aliphatic heterocycles. The van der Waals surface area contributed by atoms with E-state index in [1.807, 2.05) is 0 Å². The Labute approximate surface area is 124 Å². The normalized spacial score (nSPS) is 20.6. The molecular formula is C12H17F3N2O5. The van der Waals surface area contributed by atoms with Crippen LogP contribution in [0.25, 0.3) is 0 Å². The van der Waals surface area contributed by atoms with Gasteiger partial charge in [-0.2, -0.15) is 13.2 Å². The number of nitrogens with one attached hydrogen (secondary N) is 1. The average molecular weight is 326 g/mol. The Kier molecular flexibility index (Phi) is 5.06. The van der Waals surface area contributed by atoms with Crippen molar-refractivity contribution in [3.05, 3.63) is 0 Å². The third kappa shape index (κ3) is 4.09. The number of ether oxygens (including phenoxy) is 1. The number of hydrogen-bond acceptors (Lipinski definition) is 5. The van der Waals surface area contributed by atoms with Crippen molar-refractivity contribution in [1.82, 2.24) is 5.32 Å². The van der Waals surface area contributed by atoms with Crippen LogP contribution in [0.5, 0.6) is 0 Å². The number of carbonyl (C=O) groups excluding carboxylic acids is 3. The Morgan fingerprint density at radius 2 is 1.64 bits per heavy atom. The van der Waals surface area contributed by atoms with Gasteiger partial charge in [-0.25, -0.2) is 4.79 Å². The van der Waals surface area contributed by atoms with E-state index in [9.17, 15) is 22.8 Å². The van der Waals surface area contributed by atoms with Gasteiger partial charge in [-0.1, -0.05) is 0 Å². The van der Waals surface area contributed by atoms with Crippen molar-refractivity contribution in [3.63, 3.8) is 0 Å². The van der Waals surface area contributed by atoms with E-state index < -0.39 is 23.2 Å². The summed E-state index contributed by atoms with van der Waals surface area (Å²) in [4.78, 5) is 32.1. The molecule has 2 aliphatic carbocycles. The van der Waals surface area contributed by atoms with Crippen LogP contribution < -0.4 is 16.2 Å². The van der Waals surface area contributed by atoms with Gasteiger partial charge in [0.15, 0.2) is 5.54 Å². The highest BCUT2D eigenvalue weighted by Gasteiger charge is 2.56. The quantitative estimate of drug-likeness (QED) is 0.597. The van der Waals surface area contributed by atoms with Crippen LogP contribution >= 0.6 is 0 Å². The van der Waals surface area contributed by atoms with Gasteiger partial charge in [-0.15, -0.1) is 0 Å². The van der Waals surface area contributed by atoms with E-state index in [1.54, 1.807) is 0 Å².